The van der Waals surface area contributed by atoms with Crippen LogP contribution in [-0.2, 0) is 20.7 Å². The van der Waals surface area contributed by atoms with Crippen LogP contribution in [0.1, 0.15) is 17.2 Å². The standard InChI is InChI=1S/C19H22N2O4/c1-24-15-10-6-7-13(11-15)12-16(18(20)22)21-19(23)17(25-2)14-8-4-3-5-9-14/h3-11,16-17H,12H2,1-2H3,(H2,20,22)(H,21,23)/t16-,17+/m0/s1. The molecular weight excluding hydrogens is 320 g/mol. The second-order valence-electron chi connectivity index (χ2n) is 5.55. The average Bonchev–Trinajstić information content (AvgIpc) is 2.62. The molecule has 0 unspecified atom stereocenters. The second-order valence-corrected chi connectivity index (χ2v) is 5.55. The van der Waals surface area contributed by atoms with Crippen molar-refractivity contribution in [3.63, 3.8) is 0 Å². The first-order valence-corrected chi connectivity index (χ1v) is 7.85. The minimum atomic E-state index is -0.846. The van der Waals surface area contributed by atoms with Gasteiger partial charge in [-0.15, -0.1) is 0 Å². The summed E-state index contributed by atoms with van der Waals surface area (Å²) in [5, 5.41) is 2.67. The lowest BCUT2D eigenvalue weighted by Gasteiger charge is -2.20. The molecule has 0 saturated heterocycles. The Morgan fingerprint density at radius 1 is 1.08 bits per heavy atom. The van der Waals surface area contributed by atoms with Gasteiger partial charge in [0.25, 0.3) is 5.91 Å². The fourth-order valence-electron chi connectivity index (χ4n) is 2.53. The van der Waals surface area contributed by atoms with Crippen molar-refractivity contribution in [1.29, 1.82) is 0 Å². The summed E-state index contributed by atoms with van der Waals surface area (Å²) in [6.45, 7) is 0. The summed E-state index contributed by atoms with van der Waals surface area (Å²) < 4.78 is 10.4. The second kappa shape index (κ2) is 8.84. The number of primary amides is 1. The Morgan fingerprint density at radius 2 is 1.80 bits per heavy atom. The first-order valence-electron chi connectivity index (χ1n) is 7.85. The van der Waals surface area contributed by atoms with Crippen LogP contribution in [0.5, 0.6) is 5.75 Å². The summed E-state index contributed by atoms with van der Waals surface area (Å²) in [7, 11) is 3.01. The number of hydrogen-bond acceptors (Lipinski definition) is 4. The van der Waals surface area contributed by atoms with Crippen molar-refractivity contribution in [2.24, 2.45) is 5.73 Å². The molecule has 0 fully saturated rings. The molecule has 2 aromatic rings. The van der Waals surface area contributed by atoms with Gasteiger partial charge in [0.1, 0.15) is 11.8 Å². The molecule has 0 bridgehead atoms. The van der Waals surface area contributed by atoms with Crippen molar-refractivity contribution in [2.45, 2.75) is 18.6 Å². The fourth-order valence-corrected chi connectivity index (χ4v) is 2.53. The zero-order valence-electron chi connectivity index (χ0n) is 14.3. The lowest BCUT2D eigenvalue weighted by atomic mass is 10.0. The van der Waals surface area contributed by atoms with Gasteiger partial charge >= 0.3 is 0 Å². The van der Waals surface area contributed by atoms with Gasteiger partial charge in [0.15, 0.2) is 6.10 Å². The first-order chi connectivity index (χ1) is 12.0. The van der Waals surface area contributed by atoms with Crippen LogP contribution in [0, 0.1) is 0 Å². The third-order valence-corrected chi connectivity index (χ3v) is 3.81. The Morgan fingerprint density at radius 3 is 2.40 bits per heavy atom. The van der Waals surface area contributed by atoms with E-state index in [0.717, 1.165) is 5.56 Å². The monoisotopic (exact) mass is 342 g/mol. The predicted octanol–water partition coefficient (Wildman–Crippen LogP) is 1.60. The van der Waals surface area contributed by atoms with Crippen molar-refractivity contribution < 1.29 is 19.1 Å². The van der Waals surface area contributed by atoms with E-state index in [1.165, 1.54) is 7.11 Å². The third kappa shape index (κ3) is 5.06. The number of amides is 2. The molecular formula is C19H22N2O4. The highest BCUT2D eigenvalue weighted by molar-refractivity contribution is 5.89. The van der Waals surface area contributed by atoms with Gasteiger partial charge in [0.05, 0.1) is 7.11 Å². The number of hydrogen-bond donors (Lipinski definition) is 2. The van der Waals surface area contributed by atoms with Crippen LogP contribution in [0.15, 0.2) is 54.6 Å². The largest absolute Gasteiger partial charge is 0.497 e. The van der Waals surface area contributed by atoms with Crippen molar-refractivity contribution in [2.75, 3.05) is 14.2 Å². The highest BCUT2D eigenvalue weighted by Gasteiger charge is 2.25. The topological polar surface area (TPSA) is 90.7 Å². The Hall–Kier alpha value is -2.86. The molecule has 0 aliphatic carbocycles. The van der Waals surface area contributed by atoms with E-state index in [1.54, 1.807) is 31.4 Å². The summed E-state index contributed by atoms with van der Waals surface area (Å²) in [5.41, 5.74) is 6.99. The van der Waals surface area contributed by atoms with Crippen molar-refractivity contribution >= 4 is 11.8 Å². The van der Waals surface area contributed by atoms with E-state index < -0.39 is 24.0 Å². The van der Waals surface area contributed by atoms with E-state index >= 15 is 0 Å². The molecule has 2 atom stereocenters. The van der Waals surface area contributed by atoms with Gasteiger partial charge in [0, 0.05) is 13.5 Å². The van der Waals surface area contributed by atoms with Crippen molar-refractivity contribution in [3.8, 4) is 5.75 Å². The number of carbonyl (C=O) groups is 2. The van der Waals surface area contributed by atoms with E-state index in [4.69, 9.17) is 15.2 Å². The van der Waals surface area contributed by atoms with Crippen molar-refractivity contribution in [1.82, 2.24) is 5.32 Å². The molecule has 132 valence electrons. The van der Waals surface area contributed by atoms with Gasteiger partial charge in [-0.2, -0.15) is 0 Å². The molecule has 0 aliphatic heterocycles. The van der Waals surface area contributed by atoms with E-state index in [9.17, 15) is 9.59 Å². The van der Waals surface area contributed by atoms with Crippen LogP contribution in [-0.4, -0.2) is 32.1 Å². The fraction of sp³-hybridized carbons (Fsp3) is 0.263. The summed E-state index contributed by atoms with van der Waals surface area (Å²) in [4.78, 5) is 24.3. The molecule has 6 heteroatoms. The molecule has 0 aliphatic rings. The lowest BCUT2D eigenvalue weighted by molar-refractivity contribution is -0.134. The Kier molecular flexibility index (Phi) is 6.54. The molecule has 0 heterocycles. The maximum absolute atomic E-state index is 12.5. The van der Waals surface area contributed by atoms with E-state index in [1.807, 2.05) is 30.3 Å². The predicted molar refractivity (Wildman–Crippen MR) is 94.0 cm³/mol. The van der Waals surface area contributed by atoms with Gasteiger partial charge in [-0.3, -0.25) is 9.59 Å². The van der Waals surface area contributed by atoms with Crippen LogP contribution < -0.4 is 15.8 Å². The Bertz CT molecular complexity index is 718. The highest BCUT2D eigenvalue weighted by atomic mass is 16.5. The van der Waals surface area contributed by atoms with E-state index in [2.05, 4.69) is 5.32 Å². The number of nitrogens with two attached hydrogens (primary N) is 1. The van der Waals surface area contributed by atoms with Crippen LogP contribution >= 0.6 is 0 Å². The Balaban J connectivity index is 2.12. The SMILES string of the molecule is COc1cccc(C[C@H](NC(=O)[C@H](OC)c2ccccc2)C(N)=O)c1. The summed E-state index contributed by atoms with van der Waals surface area (Å²) in [6, 6.07) is 15.5. The molecule has 2 rings (SSSR count). The summed E-state index contributed by atoms with van der Waals surface area (Å²) in [5.74, 6) is -0.356. The van der Waals surface area contributed by atoms with Gasteiger partial charge < -0.3 is 20.5 Å². The smallest absolute Gasteiger partial charge is 0.254 e. The molecule has 0 saturated carbocycles. The Labute approximate surface area is 146 Å². The maximum Gasteiger partial charge on any atom is 0.254 e. The van der Waals surface area contributed by atoms with Crippen LogP contribution in [0.25, 0.3) is 0 Å². The average molecular weight is 342 g/mol. The summed E-state index contributed by atoms with van der Waals surface area (Å²) >= 11 is 0. The minimum Gasteiger partial charge on any atom is -0.497 e. The van der Waals surface area contributed by atoms with Gasteiger partial charge in [0.2, 0.25) is 5.91 Å². The number of nitrogens with one attached hydrogen (secondary N) is 1. The first kappa shape index (κ1) is 18.5. The zero-order valence-corrected chi connectivity index (χ0v) is 14.3. The van der Waals surface area contributed by atoms with Crippen LogP contribution in [0.4, 0.5) is 0 Å². The molecule has 0 aromatic heterocycles. The molecule has 2 aromatic carbocycles. The van der Waals surface area contributed by atoms with Gasteiger partial charge in [-0.1, -0.05) is 42.5 Å². The number of methoxy groups -OCH3 is 2. The van der Waals surface area contributed by atoms with Crippen LogP contribution in [0.2, 0.25) is 0 Å². The molecule has 3 N–H and O–H groups in total. The number of benzene rings is 2. The molecule has 0 spiro atoms. The third-order valence-electron chi connectivity index (χ3n) is 3.81. The maximum atomic E-state index is 12.5. The molecule has 2 amide bonds. The van der Waals surface area contributed by atoms with Crippen LogP contribution in [0.3, 0.4) is 0 Å². The minimum absolute atomic E-state index is 0.267. The number of ether oxygens (including phenoxy) is 2. The number of carbonyl (C=O) groups excluding carboxylic acids is 2. The lowest BCUT2D eigenvalue weighted by Crippen LogP contribution is -2.47. The molecule has 0 radical (unpaired) electrons. The van der Waals surface area contributed by atoms with Gasteiger partial charge in [-0.05, 0) is 23.3 Å². The van der Waals surface area contributed by atoms with Gasteiger partial charge in [-0.25, -0.2) is 0 Å². The van der Waals surface area contributed by atoms with Crippen molar-refractivity contribution in [3.05, 3.63) is 65.7 Å². The quantitative estimate of drug-likeness (QED) is 0.762. The molecule has 6 nitrogen and oxygen atoms in total. The number of rotatable bonds is 8. The normalized spacial score (nSPS) is 12.9. The summed E-state index contributed by atoms with van der Waals surface area (Å²) in [6.07, 6.45) is -0.544. The highest BCUT2D eigenvalue weighted by Crippen LogP contribution is 2.18. The van der Waals surface area contributed by atoms with E-state index in [-0.39, 0.29) is 6.42 Å². The zero-order chi connectivity index (χ0) is 18.2. The molecule has 25 heavy (non-hydrogen) atoms. The van der Waals surface area contributed by atoms with E-state index in [0.29, 0.717) is 11.3 Å².